The van der Waals surface area contributed by atoms with Gasteiger partial charge in [-0.05, 0) is 24.6 Å². The van der Waals surface area contributed by atoms with E-state index in [9.17, 15) is 9.18 Å². The van der Waals surface area contributed by atoms with Crippen LogP contribution in [-0.2, 0) is 6.54 Å². The molecule has 1 aromatic heterocycles. The molecule has 0 fully saturated rings. The van der Waals surface area contributed by atoms with E-state index in [0.29, 0.717) is 24.6 Å². The molecule has 2 aromatic carbocycles. The highest BCUT2D eigenvalue weighted by atomic mass is 19.1. The Labute approximate surface area is 151 Å². The van der Waals surface area contributed by atoms with Crippen LogP contribution in [0.25, 0.3) is 0 Å². The van der Waals surface area contributed by atoms with Crippen molar-refractivity contribution in [1.82, 2.24) is 14.9 Å². The molecule has 26 heavy (non-hydrogen) atoms. The summed E-state index contributed by atoms with van der Waals surface area (Å²) in [4.78, 5) is 22.6. The lowest BCUT2D eigenvalue weighted by Crippen LogP contribution is -2.31. The molecule has 132 valence electrons. The molecule has 5 nitrogen and oxygen atoms in total. The average molecular weight is 350 g/mol. The van der Waals surface area contributed by atoms with Gasteiger partial charge in [-0.15, -0.1) is 0 Å². The highest BCUT2D eigenvalue weighted by Gasteiger charge is 2.17. The average Bonchev–Trinajstić information content (AvgIpc) is 2.68. The SMILES string of the molecule is CCN(Cc1ccccc1)C(=O)c1cc(Nc2ccccc2F)ncn1. The Morgan fingerprint density at radius 3 is 2.54 bits per heavy atom. The molecule has 3 rings (SSSR count). The van der Waals surface area contributed by atoms with Crippen LogP contribution in [0.2, 0.25) is 0 Å². The number of rotatable bonds is 6. The van der Waals surface area contributed by atoms with Gasteiger partial charge in [-0.3, -0.25) is 4.79 Å². The number of hydrogen-bond acceptors (Lipinski definition) is 4. The fourth-order valence-corrected chi connectivity index (χ4v) is 2.54. The number of benzene rings is 2. The number of nitrogens with one attached hydrogen (secondary N) is 1. The number of halogens is 1. The molecular formula is C20H19FN4O. The molecule has 6 heteroatoms. The molecule has 0 saturated carbocycles. The van der Waals surface area contributed by atoms with Crippen LogP contribution in [0.3, 0.4) is 0 Å². The lowest BCUT2D eigenvalue weighted by Gasteiger charge is -2.20. The van der Waals surface area contributed by atoms with Crippen LogP contribution < -0.4 is 5.32 Å². The number of amides is 1. The van der Waals surface area contributed by atoms with Gasteiger partial charge in [0.15, 0.2) is 0 Å². The Bertz CT molecular complexity index is 886. The first-order valence-electron chi connectivity index (χ1n) is 8.34. The van der Waals surface area contributed by atoms with Gasteiger partial charge in [0.05, 0.1) is 5.69 Å². The number of aromatic nitrogens is 2. The van der Waals surface area contributed by atoms with Gasteiger partial charge in [0.25, 0.3) is 5.91 Å². The maximum Gasteiger partial charge on any atom is 0.272 e. The van der Waals surface area contributed by atoms with E-state index in [1.807, 2.05) is 37.3 Å². The molecule has 0 aliphatic rings. The maximum atomic E-state index is 13.8. The largest absolute Gasteiger partial charge is 0.338 e. The third kappa shape index (κ3) is 4.22. The van der Waals surface area contributed by atoms with Crippen LogP contribution >= 0.6 is 0 Å². The second-order valence-electron chi connectivity index (χ2n) is 5.70. The first-order chi connectivity index (χ1) is 12.7. The predicted octanol–water partition coefficient (Wildman–Crippen LogP) is 4.02. The highest BCUT2D eigenvalue weighted by Crippen LogP contribution is 2.18. The first-order valence-corrected chi connectivity index (χ1v) is 8.34. The Kier molecular flexibility index (Phi) is 5.53. The van der Waals surface area contributed by atoms with E-state index in [1.54, 1.807) is 23.1 Å². The van der Waals surface area contributed by atoms with E-state index in [2.05, 4.69) is 15.3 Å². The lowest BCUT2D eigenvalue weighted by atomic mass is 10.2. The van der Waals surface area contributed by atoms with Crippen molar-refractivity contribution in [1.29, 1.82) is 0 Å². The van der Waals surface area contributed by atoms with Crippen molar-refractivity contribution in [2.75, 3.05) is 11.9 Å². The zero-order valence-electron chi connectivity index (χ0n) is 14.4. The van der Waals surface area contributed by atoms with Gasteiger partial charge < -0.3 is 10.2 Å². The smallest absolute Gasteiger partial charge is 0.272 e. The van der Waals surface area contributed by atoms with Crippen molar-refractivity contribution in [2.24, 2.45) is 0 Å². The Morgan fingerprint density at radius 2 is 1.81 bits per heavy atom. The molecule has 3 aromatic rings. The van der Waals surface area contributed by atoms with Crippen molar-refractivity contribution in [3.05, 3.63) is 84.1 Å². The quantitative estimate of drug-likeness (QED) is 0.729. The van der Waals surface area contributed by atoms with Crippen molar-refractivity contribution in [2.45, 2.75) is 13.5 Å². The third-order valence-electron chi connectivity index (χ3n) is 3.91. The van der Waals surface area contributed by atoms with E-state index in [1.165, 1.54) is 18.5 Å². The summed E-state index contributed by atoms with van der Waals surface area (Å²) in [5, 5.41) is 2.88. The molecule has 0 atom stereocenters. The van der Waals surface area contributed by atoms with Gasteiger partial charge in [0, 0.05) is 19.2 Å². The molecule has 1 N–H and O–H groups in total. The Hall–Kier alpha value is -3.28. The summed E-state index contributed by atoms with van der Waals surface area (Å²) in [6.45, 7) is 2.96. The first kappa shape index (κ1) is 17.5. The number of hydrogen-bond donors (Lipinski definition) is 1. The molecule has 0 aliphatic carbocycles. The minimum atomic E-state index is -0.391. The van der Waals surface area contributed by atoms with Crippen LogP contribution in [0.4, 0.5) is 15.9 Å². The van der Waals surface area contributed by atoms with Gasteiger partial charge in [-0.1, -0.05) is 42.5 Å². The number of para-hydroxylation sites is 1. The van der Waals surface area contributed by atoms with Crippen LogP contribution in [0.15, 0.2) is 67.0 Å². The standard InChI is InChI=1S/C20H19FN4O/c1-2-25(13-15-8-4-3-5-9-15)20(26)18-12-19(23-14-22-18)24-17-11-7-6-10-16(17)21/h3-12,14H,2,13H2,1H3,(H,22,23,24). The van der Waals surface area contributed by atoms with E-state index in [0.717, 1.165) is 5.56 Å². The van der Waals surface area contributed by atoms with Gasteiger partial charge in [0.1, 0.15) is 23.7 Å². The maximum absolute atomic E-state index is 13.8. The molecule has 0 unspecified atom stereocenters. The Balaban J connectivity index is 1.77. The van der Waals surface area contributed by atoms with Crippen molar-refractivity contribution in [3.8, 4) is 0 Å². The van der Waals surface area contributed by atoms with E-state index < -0.39 is 5.82 Å². The summed E-state index contributed by atoms with van der Waals surface area (Å²) in [6.07, 6.45) is 1.30. The molecule has 0 radical (unpaired) electrons. The second kappa shape index (κ2) is 8.20. The summed E-state index contributed by atoms with van der Waals surface area (Å²) in [7, 11) is 0. The van der Waals surface area contributed by atoms with Crippen LogP contribution in [0.1, 0.15) is 23.0 Å². The van der Waals surface area contributed by atoms with E-state index in [4.69, 9.17) is 0 Å². The number of carbonyl (C=O) groups is 1. The lowest BCUT2D eigenvalue weighted by molar-refractivity contribution is 0.0746. The molecule has 0 spiro atoms. The predicted molar refractivity (Wildman–Crippen MR) is 98.6 cm³/mol. The van der Waals surface area contributed by atoms with Gasteiger partial charge in [-0.2, -0.15) is 0 Å². The fourth-order valence-electron chi connectivity index (χ4n) is 2.54. The molecule has 1 heterocycles. The minimum absolute atomic E-state index is 0.199. The zero-order chi connectivity index (χ0) is 18.4. The monoisotopic (exact) mass is 350 g/mol. The van der Waals surface area contributed by atoms with Crippen molar-refractivity contribution >= 4 is 17.4 Å². The summed E-state index contributed by atoms with van der Waals surface area (Å²) in [5.74, 6) is -0.224. The van der Waals surface area contributed by atoms with Crippen LogP contribution in [-0.4, -0.2) is 27.3 Å². The third-order valence-corrected chi connectivity index (χ3v) is 3.91. The van der Waals surface area contributed by atoms with Crippen molar-refractivity contribution in [3.63, 3.8) is 0 Å². The number of anilines is 2. The molecular weight excluding hydrogens is 331 g/mol. The van der Waals surface area contributed by atoms with E-state index in [-0.39, 0.29) is 11.6 Å². The highest BCUT2D eigenvalue weighted by molar-refractivity contribution is 5.93. The minimum Gasteiger partial charge on any atom is -0.338 e. The van der Waals surface area contributed by atoms with Gasteiger partial charge >= 0.3 is 0 Å². The van der Waals surface area contributed by atoms with Gasteiger partial charge in [-0.25, -0.2) is 14.4 Å². The summed E-state index contributed by atoms with van der Waals surface area (Å²) in [5.41, 5.74) is 1.60. The number of nitrogens with zero attached hydrogens (tertiary/aromatic N) is 3. The van der Waals surface area contributed by atoms with Gasteiger partial charge in [0.2, 0.25) is 0 Å². The molecule has 0 aliphatic heterocycles. The normalized spacial score (nSPS) is 10.4. The summed E-state index contributed by atoms with van der Waals surface area (Å²) >= 11 is 0. The van der Waals surface area contributed by atoms with Crippen LogP contribution in [0.5, 0.6) is 0 Å². The molecule has 0 saturated heterocycles. The fraction of sp³-hybridized carbons (Fsp3) is 0.150. The summed E-state index contributed by atoms with van der Waals surface area (Å²) in [6, 6.07) is 17.6. The van der Waals surface area contributed by atoms with Crippen LogP contribution in [0, 0.1) is 5.82 Å². The van der Waals surface area contributed by atoms with E-state index >= 15 is 0 Å². The second-order valence-corrected chi connectivity index (χ2v) is 5.70. The van der Waals surface area contributed by atoms with Crippen molar-refractivity contribution < 1.29 is 9.18 Å². The topological polar surface area (TPSA) is 58.1 Å². The zero-order valence-corrected chi connectivity index (χ0v) is 14.4. The Morgan fingerprint density at radius 1 is 1.08 bits per heavy atom. The molecule has 0 bridgehead atoms. The molecule has 1 amide bonds. The summed E-state index contributed by atoms with van der Waals surface area (Å²) < 4.78 is 13.8. The number of carbonyl (C=O) groups excluding carboxylic acids is 1.